The van der Waals surface area contributed by atoms with Gasteiger partial charge < -0.3 is 9.47 Å². The quantitative estimate of drug-likeness (QED) is 0.583. The highest BCUT2D eigenvalue weighted by Gasteiger charge is 2.33. The van der Waals surface area contributed by atoms with Crippen LogP contribution in [0.1, 0.15) is 11.1 Å². The maximum atomic E-state index is 14.5. The molecule has 0 fully saturated rings. The summed E-state index contributed by atoms with van der Waals surface area (Å²) in [5.74, 6) is 0.581. The van der Waals surface area contributed by atoms with Gasteiger partial charge in [0.2, 0.25) is 0 Å². The number of aliphatic imine (C=N–C) groups is 1. The number of benzene rings is 3. The lowest BCUT2D eigenvalue weighted by Crippen LogP contribution is -2.33. The number of ether oxygens (including phenoxy) is 2. The van der Waals surface area contributed by atoms with Gasteiger partial charge in [-0.2, -0.15) is 0 Å². The molecular formula is C24H19FN2O3. The molecule has 6 heteroatoms. The summed E-state index contributed by atoms with van der Waals surface area (Å²) in [5, 5.41) is 0. The first-order chi connectivity index (χ1) is 14.6. The average molecular weight is 402 g/mol. The van der Waals surface area contributed by atoms with Crippen molar-refractivity contribution in [3.63, 3.8) is 0 Å². The largest absolute Gasteiger partial charge is 0.493 e. The number of rotatable bonds is 5. The number of para-hydroxylation sites is 1. The highest BCUT2D eigenvalue weighted by atomic mass is 19.1. The summed E-state index contributed by atoms with van der Waals surface area (Å²) >= 11 is 0. The lowest BCUT2D eigenvalue weighted by molar-refractivity contribution is -0.113. The number of halogens is 1. The Kier molecular flexibility index (Phi) is 5.30. The van der Waals surface area contributed by atoms with Gasteiger partial charge >= 0.3 is 0 Å². The maximum absolute atomic E-state index is 14.5. The Labute approximate surface area is 173 Å². The van der Waals surface area contributed by atoms with Gasteiger partial charge in [-0.15, -0.1) is 0 Å². The molecule has 0 saturated carbocycles. The van der Waals surface area contributed by atoms with Crippen molar-refractivity contribution < 1.29 is 18.7 Å². The zero-order valence-electron chi connectivity index (χ0n) is 16.5. The predicted octanol–water partition coefficient (Wildman–Crippen LogP) is 4.68. The molecule has 3 aromatic rings. The molecule has 0 atom stereocenters. The number of hydrogen-bond donors (Lipinski definition) is 0. The molecule has 1 amide bonds. The normalized spacial score (nSPS) is 14.8. The van der Waals surface area contributed by atoms with Crippen molar-refractivity contribution in [1.29, 1.82) is 0 Å². The molecule has 0 bridgehead atoms. The summed E-state index contributed by atoms with van der Waals surface area (Å²) in [4.78, 5) is 19.2. The van der Waals surface area contributed by atoms with E-state index in [0.29, 0.717) is 22.7 Å². The molecule has 0 N–H and O–H groups in total. The number of amides is 1. The Morgan fingerprint density at radius 3 is 2.30 bits per heavy atom. The van der Waals surface area contributed by atoms with E-state index in [1.54, 1.807) is 68.8 Å². The standard InChI is InChI=1S/C24H19FN2O3/c1-29-21-13-12-16(15-22(21)30-2)14-20-24(28)27(17-8-4-3-5-9-17)23(26-20)18-10-6-7-11-19(18)25/h3-15H,1-2H3/b20-14+. The van der Waals surface area contributed by atoms with Gasteiger partial charge in [-0.3, -0.25) is 9.69 Å². The van der Waals surface area contributed by atoms with Crippen molar-refractivity contribution in [3.05, 3.63) is 95.4 Å². The third-order valence-electron chi connectivity index (χ3n) is 4.70. The van der Waals surface area contributed by atoms with Crippen LogP contribution >= 0.6 is 0 Å². The second-order valence-corrected chi connectivity index (χ2v) is 6.54. The van der Waals surface area contributed by atoms with Crippen LogP contribution in [-0.4, -0.2) is 26.0 Å². The predicted molar refractivity (Wildman–Crippen MR) is 114 cm³/mol. The minimum Gasteiger partial charge on any atom is -0.493 e. The molecule has 30 heavy (non-hydrogen) atoms. The Balaban J connectivity index is 1.82. The molecule has 0 spiro atoms. The molecule has 4 rings (SSSR count). The molecule has 0 aromatic heterocycles. The van der Waals surface area contributed by atoms with E-state index in [0.717, 1.165) is 0 Å². The summed E-state index contributed by atoms with van der Waals surface area (Å²) in [7, 11) is 3.10. The molecule has 1 heterocycles. The number of amidine groups is 1. The second-order valence-electron chi connectivity index (χ2n) is 6.54. The Morgan fingerprint density at radius 2 is 1.60 bits per heavy atom. The Hall–Kier alpha value is -3.93. The van der Waals surface area contributed by atoms with E-state index in [9.17, 15) is 9.18 Å². The van der Waals surface area contributed by atoms with Crippen LogP contribution in [0.5, 0.6) is 11.5 Å². The fraction of sp³-hybridized carbons (Fsp3) is 0.0833. The SMILES string of the molecule is COc1ccc(/C=C2/N=C(c3ccccc3F)N(c3ccccc3)C2=O)cc1OC. The van der Waals surface area contributed by atoms with Crippen molar-refractivity contribution in [1.82, 2.24) is 0 Å². The highest BCUT2D eigenvalue weighted by Crippen LogP contribution is 2.31. The number of nitrogens with zero attached hydrogens (tertiary/aromatic N) is 2. The van der Waals surface area contributed by atoms with Gasteiger partial charge in [0.15, 0.2) is 17.3 Å². The number of carbonyl (C=O) groups is 1. The summed E-state index contributed by atoms with van der Waals surface area (Å²) in [6, 6.07) is 20.6. The van der Waals surface area contributed by atoms with E-state index in [-0.39, 0.29) is 23.0 Å². The highest BCUT2D eigenvalue weighted by molar-refractivity contribution is 6.33. The molecule has 5 nitrogen and oxygen atoms in total. The smallest absolute Gasteiger partial charge is 0.282 e. The third-order valence-corrected chi connectivity index (χ3v) is 4.70. The first kappa shape index (κ1) is 19.4. The van der Waals surface area contributed by atoms with Crippen LogP contribution in [0.15, 0.2) is 83.5 Å². The van der Waals surface area contributed by atoms with Crippen molar-refractivity contribution in [2.75, 3.05) is 19.1 Å². The van der Waals surface area contributed by atoms with E-state index in [1.165, 1.54) is 11.0 Å². The van der Waals surface area contributed by atoms with Gasteiger partial charge in [0.25, 0.3) is 5.91 Å². The van der Waals surface area contributed by atoms with E-state index in [1.807, 2.05) is 18.2 Å². The van der Waals surface area contributed by atoms with Crippen molar-refractivity contribution in [2.45, 2.75) is 0 Å². The zero-order chi connectivity index (χ0) is 21.1. The molecule has 0 radical (unpaired) electrons. The maximum Gasteiger partial charge on any atom is 0.282 e. The second kappa shape index (κ2) is 8.21. The lowest BCUT2D eigenvalue weighted by Gasteiger charge is -2.18. The molecule has 150 valence electrons. The monoisotopic (exact) mass is 402 g/mol. The van der Waals surface area contributed by atoms with Crippen LogP contribution in [0.25, 0.3) is 6.08 Å². The van der Waals surface area contributed by atoms with Crippen LogP contribution in [-0.2, 0) is 4.79 Å². The van der Waals surface area contributed by atoms with Crippen LogP contribution in [0.3, 0.4) is 0 Å². The fourth-order valence-corrected chi connectivity index (χ4v) is 3.26. The van der Waals surface area contributed by atoms with Gasteiger partial charge in [-0.1, -0.05) is 36.4 Å². The summed E-state index contributed by atoms with van der Waals surface area (Å²) < 4.78 is 25.1. The topological polar surface area (TPSA) is 51.1 Å². The average Bonchev–Trinajstić information content (AvgIpc) is 3.10. The van der Waals surface area contributed by atoms with Crippen LogP contribution in [0.2, 0.25) is 0 Å². The van der Waals surface area contributed by atoms with E-state index >= 15 is 0 Å². The first-order valence-corrected chi connectivity index (χ1v) is 9.29. The number of carbonyl (C=O) groups excluding carboxylic acids is 1. The minimum atomic E-state index is -0.447. The van der Waals surface area contributed by atoms with Gasteiger partial charge in [0, 0.05) is 0 Å². The first-order valence-electron chi connectivity index (χ1n) is 9.29. The fourth-order valence-electron chi connectivity index (χ4n) is 3.26. The van der Waals surface area contributed by atoms with Crippen LogP contribution in [0.4, 0.5) is 10.1 Å². The molecule has 1 aliphatic rings. The molecule has 1 aliphatic heterocycles. The van der Waals surface area contributed by atoms with Crippen molar-refractivity contribution in [3.8, 4) is 11.5 Å². The number of hydrogen-bond acceptors (Lipinski definition) is 4. The molecule has 0 unspecified atom stereocenters. The van der Waals surface area contributed by atoms with Crippen LogP contribution in [0, 0.1) is 5.82 Å². The van der Waals surface area contributed by atoms with E-state index < -0.39 is 5.82 Å². The zero-order valence-corrected chi connectivity index (χ0v) is 16.5. The van der Waals surface area contributed by atoms with Crippen molar-refractivity contribution in [2.24, 2.45) is 4.99 Å². The van der Waals surface area contributed by atoms with Gasteiger partial charge in [-0.05, 0) is 48.0 Å². The van der Waals surface area contributed by atoms with E-state index in [2.05, 4.69) is 4.99 Å². The van der Waals surface area contributed by atoms with E-state index in [4.69, 9.17) is 9.47 Å². The van der Waals surface area contributed by atoms with Gasteiger partial charge in [-0.25, -0.2) is 9.38 Å². The van der Waals surface area contributed by atoms with Crippen LogP contribution < -0.4 is 14.4 Å². The summed E-state index contributed by atoms with van der Waals surface area (Å²) in [5.41, 5.74) is 1.78. The van der Waals surface area contributed by atoms with Crippen molar-refractivity contribution >= 4 is 23.5 Å². The Bertz CT molecular complexity index is 1160. The molecule has 0 aliphatic carbocycles. The number of methoxy groups -OCH3 is 2. The molecule has 3 aromatic carbocycles. The third kappa shape index (κ3) is 3.55. The van der Waals surface area contributed by atoms with Gasteiger partial charge in [0.1, 0.15) is 11.5 Å². The number of anilines is 1. The summed E-state index contributed by atoms with van der Waals surface area (Å²) in [6.45, 7) is 0. The molecule has 0 saturated heterocycles. The van der Waals surface area contributed by atoms with Gasteiger partial charge in [0.05, 0.1) is 25.5 Å². The Morgan fingerprint density at radius 1 is 0.900 bits per heavy atom. The lowest BCUT2D eigenvalue weighted by atomic mass is 10.1. The summed E-state index contributed by atoms with van der Waals surface area (Å²) in [6.07, 6.45) is 1.65. The molecular weight excluding hydrogens is 383 g/mol. The minimum absolute atomic E-state index is 0.198.